The van der Waals surface area contributed by atoms with Crippen LogP contribution in [-0.4, -0.2) is 18.7 Å². The summed E-state index contributed by atoms with van der Waals surface area (Å²) >= 11 is -0.702. The number of allylic oxidation sites excluding steroid dienone is 1. The molecule has 0 fully saturated rings. The Morgan fingerprint density at radius 2 is 1.76 bits per heavy atom. The number of benzene rings is 2. The van der Waals surface area contributed by atoms with Gasteiger partial charge in [-0.25, -0.2) is 13.3 Å². The minimum Gasteiger partial charge on any atom is -0.289 e. The van der Waals surface area contributed by atoms with Crippen LogP contribution in [0.25, 0.3) is 28.1 Å². The van der Waals surface area contributed by atoms with Gasteiger partial charge in [-0.15, -0.1) is 7.77 Å². The highest BCUT2D eigenvalue weighted by Gasteiger charge is 2.35. The summed E-state index contributed by atoms with van der Waals surface area (Å²) in [5.41, 5.74) is -1.50. The van der Waals surface area contributed by atoms with Crippen molar-refractivity contribution in [1.82, 2.24) is 12.9 Å². The SMILES string of the molecule is C=C(C)c1cc(F)c2nc(-c3cc(C(=O)c4ccccc4C(F)(F)F)cn3SF)n(SF)c2c1. The van der Waals surface area contributed by atoms with Crippen LogP contribution >= 0.6 is 24.7 Å². The highest BCUT2D eigenvalue weighted by Crippen LogP contribution is 2.37. The molecule has 0 radical (unpaired) electrons. The number of hydrogen-bond acceptors (Lipinski definition) is 4. The standard InChI is InChI=1S/C22H13F6N3OS2/c1-11(2)12-7-16(23)19-17(8-12)31(34-28)21(29-19)18-9-13(10-30(18)33-27)20(32)14-5-3-4-6-15(14)22(24,25)26/h3-10H,1H2,2H3. The van der Waals surface area contributed by atoms with Gasteiger partial charge in [0.1, 0.15) is 5.52 Å². The Balaban J connectivity index is 1.89. The summed E-state index contributed by atoms with van der Waals surface area (Å²) in [6, 6.07) is 7.87. The summed E-state index contributed by atoms with van der Waals surface area (Å²) in [6.07, 6.45) is -3.82. The fraction of sp³-hybridized carbons (Fsp3) is 0.0909. The average Bonchev–Trinajstić information content (AvgIpc) is 3.39. The lowest BCUT2D eigenvalue weighted by atomic mass is 9.99. The molecule has 34 heavy (non-hydrogen) atoms. The average molecular weight is 513 g/mol. The third-order valence-corrected chi connectivity index (χ3v) is 6.02. The molecular weight excluding hydrogens is 500 g/mol. The molecule has 0 aliphatic rings. The number of ketones is 1. The Bertz CT molecular complexity index is 1440. The number of imidazole rings is 1. The molecule has 4 nitrogen and oxygen atoms in total. The van der Waals surface area contributed by atoms with Crippen LogP contribution in [0.1, 0.15) is 34.0 Å². The summed E-state index contributed by atoms with van der Waals surface area (Å²) in [5.74, 6) is -2.03. The highest BCUT2D eigenvalue weighted by atomic mass is 32.2. The van der Waals surface area contributed by atoms with Crippen LogP contribution < -0.4 is 0 Å². The largest absolute Gasteiger partial charge is 0.417 e. The van der Waals surface area contributed by atoms with Crippen LogP contribution in [0.15, 0.2) is 55.2 Å². The maximum absolute atomic E-state index is 14.7. The molecule has 2 aromatic carbocycles. The summed E-state index contributed by atoms with van der Waals surface area (Å²) in [7, 11) is 0. The number of hydrogen-bond donors (Lipinski definition) is 0. The van der Waals surface area contributed by atoms with Crippen molar-refractivity contribution in [3.05, 3.63) is 83.3 Å². The van der Waals surface area contributed by atoms with Crippen LogP contribution in [0.2, 0.25) is 0 Å². The Hall–Kier alpha value is -3.12. The van der Waals surface area contributed by atoms with Crippen LogP contribution in [0, 0.1) is 5.82 Å². The zero-order chi connectivity index (χ0) is 24.8. The molecule has 0 bridgehead atoms. The van der Waals surface area contributed by atoms with Crippen molar-refractivity contribution in [2.24, 2.45) is 0 Å². The van der Waals surface area contributed by atoms with E-state index in [1.807, 2.05) is 0 Å². The number of fused-ring (bicyclic) bond motifs is 1. The first-order chi connectivity index (χ1) is 16.1. The lowest BCUT2D eigenvalue weighted by Crippen LogP contribution is -2.13. The van der Waals surface area contributed by atoms with Crippen molar-refractivity contribution in [2.45, 2.75) is 13.1 Å². The van der Waals surface area contributed by atoms with Crippen LogP contribution in [0.4, 0.5) is 25.3 Å². The second kappa shape index (κ2) is 8.91. The number of halogens is 6. The number of carbonyl (C=O) groups is 1. The minimum absolute atomic E-state index is 0.0346. The first-order valence-electron chi connectivity index (χ1n) is 9.46. The molecule has 0 unspecified atom stereocenters. The van der Waals surface area contributed by atoms with Crippen molar-refractivity contribution < 1.29 is 30.1 Å². The predicted octanol–water partition coefficient (Wildman–Crippen LogP) is 7.69. The van der Waals surface area contributed by atoms with E-state index in [1.54, 1.807) is 6.92 Å². The van der Waals surface area contributed by atoms with Crippen LogP contribution in [-0.2, 0) is 6.18 Å². The van der Waals surface area contributed by atoms with Gasteiger partial charge in [-0.3, -0.25) is 8.77 Å². The molecule has 0 saturated carbocycles. The molecule has 0 aliphatic heterocycles. The molecular formula is C22H13F6N3OS2. The molecule has 0 N–H and O–H groups in total. The predicted molar refractivity (Wildman–Crippen MR) is 121 cm³/mol. The summed E-state index contributed by atoms with van der Waals surface area (Å²) in [6.45, 7) is 5.36. The maximum atomic E-state index is 14.7. The van der Waals surface area contributed by atoms with E-state index in [0.29, 0.717) is 11.1 Å². The third-order valence-electron chi connectivity index (χ3n) is 5.06. The van der Waals surface area contributed by atoms with Crippen LogP contribution in [0.3, 0.4) is 0 Å². The molecule has 0 spiro atoms. The second-order valence-electron chi connectivity index (χ2n) is 7.29. The molecule has 0 atom stereocenters. The van der Waals surface area contributed by atoms with Crippen molar-refractivity contribution in [1.29, 1.82) is 0 Å². The number of rotatable bonds is 6. The smallest absolute Gasteiger partial charge is 0.289 e. The molecule has 2 heterocycles. The monoisotopic (exact) mass is 513 g/mol. The van der Waals surface area contributed by atoms with Gasteiger partial charge in [-0.05, 0) is 36.8 Å². The first-order valence-corrected chi connectivity index (χ1v) is 10.8. The van der Waals surface area contributed by atoms with Gasteiger partial charge < -0.3 is 0 Å². The summed E-state index contributed by atoms with van der Waals surface area (Å²) < 4.78 is 84.1. The molecule has 4 aromatic rings. The third kappa shape index (κ3) is 4.11. The van der Waals surface area contributed by atoms with E-state index in [0.717, 1.165) is 38.4 Å². The molecule has 4 rings (SSSR count). The molecule has 0 saturated heterocycles. The van der Waals surface area contributed by atoms with Gasteiger partial charge in [0.25, 0.3) is 0 Å². The zero-order valence-electron chi connectivity index (χ0n) is 17.2. The van der Waals surface area contributed by atoms with E-state index in [-0.39, 0.29) is 52.8 Å². The van der Waals surface area contributed by atoms with Gasteiger partial charge in [0, 0.05) is 17.3 Å². The second-order valence-corrected chi connectivity index (χ2v) is 8.32. The molecule has 0 amide bonds. The Labute approximate surface area is 198 Å². The maximum Gasteiger partial charge on any atom is 0.417 e. The highest BCUT2D eigenvalue weighted by molar-refractivity contribution is 7.93. The van der Waals surface area contributed by atoms with Gasteiger partial charge in [-0.2, -0.15) is 13.2 Å². The van der Waals surface area contributed by atoms with E-state index in [4.69, 9.17) is 0 Å². The van der Waals surface area contributed by atoms with Crippen molar-refractivity contribution in [2.75, 3.05) is 0 Å². The normalized spacial score (nSPS) is 11.9. The molecule has 12 heteroatoms. The topological polar surface area (TPSA) is 39.8 Å². The quantitative estimate of drug-likeness (QED) is 0.196. The Kier molecular flexibility index (Phi) is 6.30. The first kappa shape index (κ1) is 24.0. The molecule has 176 valence electrons. The number of aromatic nitrogens is 3. The summed E-state index contributed by atoms with van der Waals surface area (Å²) in [5, 5.41) is 0. The van der Waals surface area contributed by atoms with Crippen molar-refractivity contribution in [3.63, 3.8) is 0 Å². The van der Waals surface area contributed by atoms with Gasteiger partial charge in [0.2, 0.25) is 0 Å². The van der Waals surface area contributed by atoms with Gasteiger partial charge in [-0.1, -0.05) is 30.4 Å². The van der Waals surface area contributed by atoms with Gasteiger partial charge in [0.05, 0.1) is 16.8 Å². The number of nitrogens with zero attached hydrogens (tertiary/aromatic N) is 3. The minimum atomic E-state index is -4.79. The van der Waals surface area contributed by atoms with Gasteiger partial charge in [0.15, 0.2) is 42.1 Å². The van der Waals surface area contributed by atoms with E-state index in [1.165, 1.54) is 18.2 Å². The lowest BCUT2D eigenvalue weighted by Gasteiger charge is -2.10. The number of alkyl halides is 3. The Morgan fingerprint density at radius 1 is 1.06 bits per heavy atom. The number of carbonyl (C=O) groups excluding carboxylic acids is 1. The van der Waals surface area contributed by atoms with E-state index < -0.39 is 28.9 Å². The summed E-state index contributed by atoms with van der Waals surface area (Å²) in [4.78, 5) is 17.0. The fourth-order valence-corrected chi connectivity index (χ4v) is 4.24. The molecule has 2 aromatic heterocycles. The van der Waals surface area contributed by atoms with Crippen molar-refractivity contribution in [3.8, 4) is 11.5 Å². The van der Waals surface area contributed by atoms with E-state index >= 15 is 0 Å². The van der Waals surface area contributed by atoms with Crippen LogP contribution in [0.5, 0.6) is 0 Å². The molecule has 0 aliphatic carbocycles. The Morgan fingerprint density at radius 3 is 2.38 bits per heavy atom. The van der Waals surface area contributed by atoms with Crippen molar-refractivity contribution >= 4 is 47.1 Å². The lowest BCUT2D eigenvalue weighted by molar-refractivity contribution is -0.137. The zero-order valence-corrected chi connectivity index (χ0v) is 18.8. The van der Waals surface area contributed by atoms with E-state index in [9.17, 15) is 30.1 Å². The van der Waals surface area contributed by atoms with Gasteiger partial charge >= 0.3 is 6.18 Å². The van der Waals surface area contributed by atoms with E-state index in [2.05, 4.69) is 11.6 Å². The fourth-order valence-electron chi connectivity index (χ4n) is 3.47.